The predicted molar refractivity (Wildman–Crippen MR) is 59.5 cm³/mol. The molecule has 2 amide bonds. The Bertz CT molecular complexity index is 195. The number of nitrogens with one attached hydrogen (secondary N) is 3. The van der Waals surface area contributed by atoms with Crippen LogP contribution < -0.4 is 16.0 Å². The molecule has 0 rings (SSSR count). The number of rotatable bonds is 8. The third-order valence-corrected chi connectivity index (χ3v) is 1.78. The van der Waals surface area contributed by atoms with Gasteiger partial charge in [-0.15, -0.1) is 0 Å². The van der Waals surface area contributed by atoms with Crippen LogP contribution in [-0.2, 0) is 9.59 Å². The van der Waals surface area contributed by atoms with E-state index in [4.69, 9.17) is 0 Å². The van der Waals surface area contributed by atoms with Crippen LogP contribution in [0.15, 0.2) is 0 Å². The first-order chi connectivity index (χ1) is 7.16. The molecule has 0 aliphatic heterocycles. The molecule has 0 unspecified atom stereocenters. The summed E-state index contributed by atoms with van der Waals surface area (Å²) in [4.78, 5) is 21.6. The van der Waals surface area contributed by atoms with Gasteiger partial charge in [0.1, 0.15) is 0 Å². The number of amides is 2. The Labute approximate surface area is 91.0 Å². The molecule has 0 atom stereocenters. The fourth-order valence-electron chi connectivity index (χ4n) is 1.01. The van der Waals surface area contributed by atoms with Gasteiger partial charge in [0.15, 0.2) is 0 Å². The van der Waals surface area contributed by atoms with E-state index in [9.17, 15) is 9.59 Å². The minimum absolute atomic E-state index is 0.0301. The molecule has 0 saturated heterocycles. The second-order valence-corrected chi connectivity index (χ2v) is 3.33. The minimum Gasteiger partial charge on any atom is -0.356 e. The van der Waals surface area contributed by atoms with Crippen LogP contribution in [0.4, 0.5) is 0 Å². The molecule has 88 valence electrons. The Balaban J connectivity index is 3.16. The summed E-state index contributed by atoms with van der Waals surface area (Å²) in [6.07, 6.45) is 1.45. The van der Waals surface area contributed by atoms with Crippen LogP contribution in [0, 0.1) is 0 Å². The van der Waals surface area contributed by atoms with E-state index in [0.717, 1.165) is 13.0 Å². The van der Waals surface area contributed by atoms with Crippen LogP contribution >= 0.6 is 0 Å². The van der Waals surface area contributed by atoms with E-state index in [2.05, 4.69) is 16.0 Å². The average Bonchev–Trinajstić information content (AvgIpc) is 2.19. The maximum absolute atomic E-state index is 11.1. The van der Waals surface area contributed by atoms with Crippen LogP contribution in [0.2, 0.25) is 0 Å². The average molecular weight is 215 g/mol. The summed E-state index contributed by atoms with van der Waals surface area (Å²) in [5, 5.41) is 8.53. The van der Waals surface area contributed by atoms with E-state index in [1.807, 2.05) is 6.92 Å². The second kappa shape index (κ2) is 9.45. The molecule has 0 aromatic carbocycles. The molecule has 0 aromatic heterocycles. The zero-order valence-electron chi connectivity index (χ0n) is 9.56. The molecule has 15 heavy (non-hydrogen) atoms. The molecule has 0 radical (unpaired) electrons. The molecule has 0 aromatic rings. The van der Waals surface area contributed by atoms with Gasteiger partial charge in [-0.3, -0.25) is 9.59 Å². The van der Waals surface area contributed by atoms with Gasteiger partial charge in [0.2, 0.25) is 11.8 Å². The minimum atomic E-state index is -0.0301. The van der Waals surface area contributed by atoms with Gasteiger partial charge < -0.3 is 16.0 Å². The smallest absolute Gasteiger partial charge is 0.221 e. The van der Waals surface area contributed by atoms with Gasteiger partial charge in [-0.2, -0.15) is 0 Å². The summed E-state index contributed by atoms with van der Waals surface area (Å²) >= 11 is 0. The number of hydrogen-bond donors (Lipinski definition) is 3. The van der Waals surface area contributed by atoms with Crippen LogP contribution in [-0.4, -0.2) is 38.0 Å². The van der Waals surface area contributed by atoms with Crippen LogP contribution in [0.25, 0.3) is 0 Å². The standard InChI is InChI=1S/C10H21N3O2/c1-3-5-13-10(15)4-6-11-7-8-12-9(2)14/h11H,3-8H2,1-2H3,(H,12,14)(H,13,15). The van der Waals surface area contributed by atoms with Gasteiger partial charge in [0.05, 0.1) is 0 Å². The van der Waals surface area contributed by atoms with Gasteiger partial charge in [0.25, 0.3) is 0 Å². The van der Waals surface area contributed by atoms with Crippen molar-refractivity contribution in [3.05, 3.63) is 0 Å². The Hall–Kier alpha value is -1.10. The van der Waals surface area contributed by atoms with Crippen molar-refractivity contribution in [1.82, 2.24) is 16.0 Å². The van der Waals surface area contributed by atoms with Gasteiger partial charge in [-0.05, 0) is 6.42 Å². The molecule has 0 aliphatic rings. The van der Waals surface area contributed by atoms with E-state index in [-0.39, 0.29) is 11.8 Å². The summed E-state index contributed by atoms with van der Waals surface area (Å²) in [6, 6.07) is 0. The van der Waals surface area contributed by atoms with Crippen LogP contribution in [0.5, 0.6) is 0 Å². The third kappa shape index (κ3) is 10.8. The molecule has 0 bridgehead atoms. The summed E-state index contributed by atoms with van der Waals surface area (Å²) in [7, 11) is 0. The first-order valence-electron chi connectivity index (χ1n) is 5.38. The van der Waals surface area contributed by atoms with E-state index in [1.165, 1.54) is 6.92 Å². The zero-order valence-corrected chi connectivity index (χ0v) is 9.56. The van der Waals surface area contributed by atoms with E-state index in [1.54, 1.807) is 0 Å². The summed E-state index contributed by atoms with van der Waals surface area (Å²) in [5.41, 5.74) is 0. The summed E-state index contributed by atoms with van der Waals surface area (Å²) in [5.74, 6) is 0.0429. The highest BCUT2D eigenvalue weighted by Crippen LogP contribution is 1.78. The highest BCUT2D eigenvalue weighted by atomic mass is 16.2. The van der Waals surface area contributed by atoms with Crippen molar-refractivity contribution in [2.24, 2.45) is 0 Å². The monoisotopic (exact) mass is 215 g/mol. The first kappa shape index (κ1) is 13.9. The Morgan fingerprint density at radius 2 is 1.73 bits per heavy atom. The first-order valence-corrected chi connectivity index (χ1v) is 5.38. The number of carbonyl (C=O) groups is 2. The second-order valence-electron chi connectivity index (χ2n) is 3.33. The topological polar surface area (TPSA) is 70.2 Å². The van der Waals surface area contributed by atoms with Crippen molar-refractivity contribution in [2.45, 2.75) is 26.7 Å². The highest BCUT2D eigenvalue weighted by Gasteiger charge is 1.98. The number of carbonyl (C=O) groups excluding carboxylic acids is 2. The van der Waals surface area contributed by atoms with Crippen molar-refractivity contribution in [1.29, 1.82) is 0 Å². The van der Waals surface area contributed by atoms with Crippen molar-refractivity contribution >= 4 is 11.8 Å². The molecule has 3 N–H and O–H groups in total. The van der Waals surface area contributed by atoms with E-state index in [0.29, 0.717) is 26.1 Å². The molecule has 0 saturated carbocycles. The Morgan fingerprint density at radius 3 is 2.33 bits per heavy atom. The van der Waals surface area contributed by atoms with E-state index >= 15 is 0 Å². The van der Waals surface area contributed by atoms with Crippen molar-refractivity contribution in [3.8, 4) is 0 Å². The SMILES string of the molecule is CCCNC(=O)CCNCCNC(C)=O. The highest BCUT2D eigenvalue weighted by molar-refractivity contribution is 5.76. The van der Waals surface area contributed by atoms with Crippen molar-refractivity contribution in [2.75, 3.05) is 26.2 Å². The van der Waals surface area contributed by atoms with Gasteiger partial charge in [-0.25, -0.2) is 0 Å². The molecule has 0 heterocycles. The molecular formula is C10H21N3O2. The van der Waals surface area contributed by atoms with Gasteiger partial charge >= 0.3 is 0 Å². The quantitative estimate of drug-likeness (QED) is 0.484. The van der Waals surface area contributed by atoms with Crippen LogP contribution in [0.1, 0.15) is 26.7 Å². The van der Waals surface area contributed by atoms with E-state index < -0.39 is 0 Å². The maximum Gasteiger partial charge on any atom is 0.221 e. The maximum atomic E-state index is 11.1. The van der Waals surface area contributed by atoms with Gasteiger partial charge in [-0.1, -0.05) is 6.92 Å². The third-order valence-electron chi connectivity index (χ3n) is 1.78. The largest absolute Gasteiger partial charge is 0.356 e. The Morgan fingerprint density at radius 1 is 1.00 bits per heavy atom. The lowest BCUT2D eigenvalue weighted by atomic mass is 10.3. The lowest BCUT2D eigenvalue weighted by Crippen LogP contribution is -2.33. The van der Waals surface area contributed by atoms with Gasteiger partial charge in [0, 0.05) is 39.5 Å². The van der Waals surface area contributed by atoms with Crippen LogP contribution in [0.3, 0.4) is 0 Å². The molecule has 0 fully saturated rings. The fraction of sp³-hybridized carbons (Fsp3) is 0.800. The number of hydrogen-bond acceptors (Lipinski definition) is 3. The normalized spacial score (nSPS) is 9.73. The summed E-state index contributed by atoms with van der Waals surface area (Å²) in [6.45, 7) is 6.19. The Kier molecular flexibility index (Phi) is 8.76. The van der Waals surface area contributed by atoms with Crippen molar-refractivity contribution in [3.63, 3.8) is 0 Å². The molecule has 0 aliphatic carbocycles. The predicted octanol–water partition coefficient (Wildman–Crippen LogP) is -0.372. The lowest BCUT2D eigenvalue weighted by Gasteiger charge is -2.05. The van der Waals surface area contributed by atoms with Crippen molar-refractivity contribution < 1.29 is 9.59 Å². The molecule has 0 spiro atoms. The molecule has 5 heteroatoms. The molecule has 5 nitrogen and oxygen atoms in total. The zero-order chi connectivity index (χ0) is 11.5. The summed E-state index contributed by atoms with van der Waals surface area (Å²) < 4.78 is 0. The fourth-order valence-corrected chi connectivity index (χ4v) is 1.01. The lowest BCUT2D eigenvalue weighted by molar-refractivity contribution is -0.121. The molecular weight excluding hydrogens is 194 g/mol.